The number of rotatable bonds is 5. The predicted molar refractivity (Wildman–Crippen MR) is 78.8 cm³/mol. The molecule has 1 atom stereocenters. The van der Waals surface area contributed by atoms with E-state index in [1.54, 1.807) is 6.20 Å². The lowest BCUT2D eigenvalue weighted by Gasteiger charge is -2.17. The molecule has 0 fully saturated rings. The van der Waals surface area contributed by atoms with Gasteiger partial charge in [0.15, 0.2) is 0 Å². The monoisotopic (exact) mass is 243 g/mol. The molecule has 3 heteroatoms. The van der Waals surface area contributed by atoms with E-state index in [-0.39, 0.29) is 0 Å². The highest BCUT2D eigenvalue weighted by atomic mass is 14.9. The minimum absolute atomic E-state index is 0.469. The maximum absolute atomic E-state index is 5.98. The van der Waals surface area contributed by atoms with E-state index in [1.165, 1.54) is 19.3 Å². The Labute approximate surface area is 108 Å². The van der Waals surface area contributed by atoms with E-state index in [2.05, 4.69) is 24.1 Å². The van der Waals surface area contributed by atoms with Crippen molar-refractivity contribution in [2.24, 2.45) is 0 Å². The van der Waals surface area contributed by atoms with Crippen molar-refractivity contribution in [1.82, 2.24) is 4.98 Å². The number of nitrogens with one attached hydrogen (secondary N) is 1. The number of nitrogens with two attached hydrogens (primary N) is 1. The molecule has 0 spiro atoms. The number of hydrogen-bond acceptors (Lipinski definition) is 3. The molecular formula is C15H21N3. The van der Waals surface area contributed by atoms with Gasteiger partial charge in [-0.15, -0.1) is 0 Å². The summed E-state index contributed by atoms with van der Waals surface area (Å²) in [5.74, 6) is 0. The highest BCUT2D eigenvalue weighted by Gasteiger charge is 2.06. The molecule has 2 aromatic rings. The van der Waals surface area contributed by atoms with Gasteiger partial charge in [0.2, 0.25) is 0 Å². The van der Waals surface area contributed by atoms with Gasteiger partial charge in [-0.2, -0.15) is 0 Å². The van der Waals surface area contributed by atoms with Gasteiger partial charge in [-0.25, -0.2) is 0 Å². The van der Waals surface area contributed by atoms with Gasteiger partial charge in [-0.3, -0.25) is 4.98 Å². The van der Waals surface area contributed by atoms with Crippen molar-refractivity contribution in [3.8, 4) is 0 Å². The van der Waals surface area contributed by atoms with Crippen LogP contribution in [0.4, 0.5) is 11.4 Å². The molecule has 0 radical (unpaired) electrons. The number of benzene rings is 1. The zero-order valence-corrected chi connectivity index (χ0v) is 11.1. The highest BCUT2D eigenvalue weighted by Crippen LogP contribution is 2.28. The van der Waals surface area contributed by atoms with Crippen molar-refractivity contribution in [2.45, 2.75) is 39.2 Å². The summed E-state index contributed by atoms with van der Waals surface area (Å²) in [5, 5.41) is 5.72. The summed E-state index contributed by atoms with van der Waals surface area (Å²) in [4.78, 5) is 4.19. The Morgan fingerprint density at radius 3 is 2.89 bits per heavy atom. The number of hydrogen-bond donors (Lipinski definition) is 2. The smallest absolute Gasteiger partial charge is 0.0439 e. The third-order valence-corrected chi connectivity index (χ3v) is 3.24. The maximum atomic E-state index is 5.98. The molecule has 3 nitrogen and oxygen atoms in total. The molecule has 2 rings (SSSR count). The van der Waals surface area contributed by atoms with Gasteiger partial charge in [0.05, 0.1) is 0 Å². The number of fused-ring (bicyclic) bond motifs is 1. The van der Waals surface area contributed by atoms with Gasteiger partial charge in [-0.05, 0) is 31.5 Å². The molecule has 3 N–H and O–H groups in total. The van der Waals surface area contributed by atoms with Gasteiger partial charge in [0.1, 0.15) is 0 Å². The van der Waals surface area contributed by atoms with Crippen LogP contribution in [0.25, 0.3) is 10.8 Å². The number of anilines is 2. The first-order valence-electron chi connectivity index (χ1n) is 6.61. The van der Waals surface area contributed by atoms with Crippen molar-refractivity contribution in [3.63, 3.8) is 0 Å². The molecule has 0 aliphatic rings. The second-order valence-corrected chi connectivity index (χ2v) is 4.81. The summed E-state index contributed by atoms with van der Waals surface area (Å²) in [6, 6.07) is 6.43. The van der Waals surface area contributed by atoms with E-state index in [0.29, 0.717) is 6.04 Å². The van der Waals surface area contributed by atoms with E-state index >= 15 is 0 Å². The summed E-state index contributed by atoms with van der Waals surface area (Å²) in [5.41, 5.74) is 7.91. The number of aromatic nitrogens is 1. The third-order valence-electron chi connectivity index (χ3n) is 3.24. The van der Waals surface area contributed by atoms with Crippen LogP contribution in [-0.4, -0.2) is 11.0 Å². The topological polar surface area (TPSA) is 50.9 Å². The van der Waals surface area contributed by atoms with Crippen LogP contribution in [0.2, 0.25) is 0 Å². The molecule has 1 heterocycles. The van der Waals surface area contributed by atoms with Gasteiger partial charge in [-0.1, -0.05) is 19.8 Å². The lowest BCUT2D eigenvalue weighted by molar-refractivity contribution is 0.645. The minimum Gasteiger partial charge on any atom is -0.398 e. The first-order valence-corrected chi connectivity index (χ1v) is 6.61. The Morgan fingerprint density at radius 1 is 1.28 bits per heavy atom. The fraction of sp³-hybridized carbons (Fsp3) is 0.400. The molecule has 0 aliphatic carbocycles. The quantitative estimate of drug-likeness (QED) is 0.785. The van der Waals surface area contributed by atoms with E-state index in [4.69, 9.17) is 5.73 Å². The fourth-order valence-electron chi connectivity index (χ4n) is 2.19. The van der Waals surface area contributed by atoms with E-state index in [0.717, 1.165) is 22.1 Å². The number of unbranched alkanes of at least 4 members (excludes halogenated alkanes) is 1. The van der Waals surface area contributed by atoms with Crippen molar-refractivity contribution >= 4 is 22.1 Å². The van der Waals surface area contributed by atoms with Crippen LogP contribution in [0, 0.1) is 0 Å². The Balaban J connectivity index is 2.26. The maximum Gasteiger partial charge on any atom is 0.0439 e. The largest absolute Gasteiger partial charge is 0.398 e. The van der Waals surface area contributed by atoms with Crippen LogP contribution < -0.4 is 11.1 Å². The summed E-state index contributed by atoms with van der Waals surface area (Å²) in [6.45, 7) is 4.43. The van der Waals surface area contributed by atoms with Crippen LogP contribution in [0.1, 0.15) is 33.1 Å². The molecule has 0 amide bonds. The zero-order chi connectivity index (χ0) is 13.0. The lowest BCUT2D eigenvalue weighted by atomic mass is 10.1. The molecule has 1 unspecified atom stereocenters. The molecule has 0 saturated heterocycles. The van der Waals surface area contributed by atoms with Crippen molar-refractivity contribution in [1.29, 1.82) is 0 Å². The average molecular weight is 243 g/mol. The molecule has 0 saturated carbocycles. The normalized spacial score (nSPS) is 12.6. The average Bonchev–Trinajstić information content (AvgIpc) is 2.40. The molecular weight excluding hydrogens is 222 g/mol. The SMILES string of the molecule is CCCCC(C)Nc1ccc(N)c2ccncc12. The zero-order valence-electron chi connectivity index (χ0n) is 11.1. The second kappa shape index (κ2) is 5.71. The van der Waals surface area contributed by atoms with E-state index < -0.39 is 0 Å². The molecule has 96 valence electrons. The first-order chi connectivity index (χ1) is 8.72. The fourth-order valence-corrected chi connectivity index (χ4v) is 2.19. The third kappa shape index (κ3) is 2.73. The Hall–Kier alpha value is -1.77. The lowest BCUT2D eigenvalue weighted by Crippen LogP contribution is -2.15. The van der Waals surface area contributed by atoms with Gasteiger partial charge in [0, 0.05) is 40.6 Å². The van der Waals surface area contributed by atoms with E-state index in [9.17, 15) is 0 Å². The summed E-state index contributed by atoms with van der Waals surface area (Å²) < 4.78 is 0. The number of nitrogens with zero attached hydrogens (tertiary/aromatic N) is 1. The van der Waals surface area contributed by atoms with E-state index in [1.807, 2.05) is 24.4 Å². The Bertz CT molecular complexity index is 522. The van der Waals surface area contributed by atoms with Gasteiger partial charge in [0.25, 0.3) is 0 Å². The summed E-state index contributed by atoms with van der Waals surface area (Å²) in [6.07, 6.45) is 7.32. The van der Waals surface area contributed by atoms with Gasteiger partial charge >= 0.3 is 0 Å². The highest BCUT2D eigenvalue weighted by molar-refractivity contribution is 6.00. The number of pyridine rings is 1. The summed E-state index contributed by atoms with van der Waals surface area (Å²) >= 11 is 0. The van der Waals surface area contributed by atoms with Gasteiger partial charge < -0.3 is 11.1 Å². The molecule has 0 bridgehead atoms. The minimum atomic E-state index is 0.469. The molecule has 18 heavy (non-hydrogen) atoms. The second-order valence-electron chi connectivity index (χ2n) is 4.81. The van der Waals surface area contributed by atoms with Crippen molar-refractivity contribution in [2.75, 3.05) is 11.1 Å². The standard InChI is InChI=1S/C15H21N3/c1-3-4-5-11(2)18-15-7-6-14(16)12-8-9-17-10-13(12)15/h6-11,18H,3-5,16H2,1-2H3. The Morgan fingerprint density at radius 2 is 2.11 bits per heavy atom. The van der Waals surface area contributed by atoms with Crippen molar-refractivity contribution in [3.05, 3.63) is 30.6 Å². The van der Waals surface area contributed by atoms with Crippen molar-refractivity contribution < 1.29 is 0 Å². The first kappa shape index (κ1) is 12.7. The Kier molecular flexibility index (Phi) is 4.03. The van der Waals surface area contributed by atoms with Crippen LogP contribution in [0.3, 0.4) is 0 Å². The molecule has 0 aliphatic heterocycles. The van der Waals surface area contributed by atoms with Crippen LogP contribution in [0.15, 0.2) is 30.6 Å². The molecule has 1 aromatic carbocycles. The summed E-state index contributed by atoms with van der Waals surface area (Å²) in [7, 11) is 0. The predicted octanol–water partition coefficient (Wildman–Crippen LogP) is 3.81. The van der Waals surface area contributed by atoms with Crippen LogP contribution in [0.5, 0.6) is 0 Å². The number of nitrogen functional groups attached to an aromatic ring is 1. The molecule has 1 aromatic heterocycles. The van der Waals surface area contributed by atoms with Crippen LogP contribution in [-0.2, 0) is 0 Å². The van der Waals surface area contributed by atoms with Crippen LogP contribution >= 0.6 is 0 Å².